The van der Waals surface area contributed by atoms with Crippen molar-refractivity contribution in [3.8, 4) is 0 Å². The van der Waals surface area contributed by atoms with E-state index in [2.05, 4.69) is 31.9 Å². The van der Waals surface area contributed by atoms with Crippen LogP contribution in [-0.4, -0.2) is 19.4 Å². The third-order valence-electron chi connectivity index (χ3n) is 3.02. The fourth-order valence-corrected chi connectivity index (χ4v) is 1.97. The molecule has 94 valence electrons. The molecule has 0 bridgehead atoms. The van der Waals surface area contributed by atoms with E-state index in [-0.39, 0.29) is 5.84 Å². The summed E-state index contributed by atoms with van der Waals surface area (Å²) in [6.07, 6.45) is 3.74. The van der Waals surface area contributed by atoms with E-state index in [4.69, 9.17) is 11.1 Å². The van der Waals surface area contributed by atoms with Gasteiger partial charge in [-0.05, 0) is 37.1 Å². The van der Waals surface area contributed by atoms with Crippen LogP contribution in [-0.2, 0) is 0 Å². The van der Waals surface area contributed by atoms with Crippen LogP contribution in [0.3, 0.4) is 0 Å². The van der Waals surface area contributed by atoms with E-state index in [9.17, 15) is 0 Å². The number of nitrogens with zero attached hydrogens (tertiary/aromatic N) is 1. The van der Waals surface area contributed by atoms with Gasteiger partial charge >= 0.3 is 0 Å². The Hall–Kier alpha value is -1.51. The fourth-order valence-electron chi connectivity index (χ4n) is 1.97. The van der Waals surface area contributed by atoms with Crippen LogP contribution in [0.5, 0.6) is 0 Å². The van der Waals surface area contributed by atoms with Gasteiger partial charge in [-0.25, -0.2) is 0 Å². The number of nitrogens with two attached hydrogens (primary N) is 1. The molecule has 3 nitrogen and oxygen atoms in total. The highest BCUT2D eigenvalue weighted by Gasteiger charge is 2.06. The van der Waals surface area contributed by atoms with Crippen molar-refractivity contribution in [1.82, 2.24) is 0 Å². The number of unbranched alkanes of at least 4 members (excludes halogenated alkanes) is 2. The SMILES string of the molecule is CCCCCN(C)c1ccc(C(=N)N)cc1C. The van der Waals surface area contributed by atoms with Gasteiger partial charge in [-0.15, -0.1) is 0 Å². The van der Waals surface area contributed by atoms with Crippen molar-refractivity contribution in [2.45, 2.75) is 33.1 Å². The van der Waals surface area contributed by atoms with Gasteiger partial charge in [0, 0.05) is 24.8 Å². The maximum absolute atomic E-state index is 7.41. The number of anilines is 1. The highest BCUT2D eigenvalue weighted by Crippen LogP contribution is 2.20. The Morgan fingerprint density at radius 3 is 2.59 bits per heavy atom. The number of nitrogen functional groups attached to an aromatic ring is 1. The maximum atomic E-state index is 7.41. The molecule has 0 spiro atoms. The summed E-state index contributed by atoms with van der Waals surface area (Å²) in [4.78, 5) is 2.27. The Morgan fingerprint density at radius 2 is 2.06 bits per heavy atom. The maximum Gasteiger partial charge on any atom is 0.122 e. The van der Waals surface area contributed by atoms with Crippen molar-refractivity contribution in [2.75, 3.05) is 18.5 Å². The van der Waals surface area contributed by atoms with Crippen molar-refractivity contribution in [3.63, 3.8) is 0 Å². The number of aryl methyl sites for hydroxylation is 1. The van der Waals surface area contributed by atoms with Crippen LogP contribution in [0.25, 0.3) is 0 Å². The minimum absolute atomic E-state index is 0.133. The molecule has 0 aromatic heterocycles. The number of nitrogens with one attached hydrogen (secondary N) is 1. The zero-order valence-corrected chi connectivity index (χ0v) is 11.1. The van der Waals surface area contributed by atoms with Crippen LogP contribution in [0.2, 0.25) is 0 Å². The van der Waals surface area contributed by atoms with Crippen LogP contribution >= 0.6 is 0 Å². The first kappa shape index (κ1) is 13.6. The van der Waals surface area contributed by atoms with E-state index in [0.717, 1.165) is 12.1 Å². The molecule has 1 aromatic rings. The molecule has 0 aliphatic carbocycles. The number of hydrogen-bond acceptors (Lipinski definition) is 2. The molecular formula is C14H23N3. The highest BCUT2D eigenvalue weighted by molar-refractivity contribution is 5.95. The molecule has 17 heavy (non-hydrogen) atoms. The minimum Gasteiger partial charge on any atom is -0.384 e. The Labute approximate surface area is 104 Å². The summed E-state index contributed by atoms with van der Waals surface area (Å²) in [6.45, 7) is 5.36. The van der Waals surface area contributed by atoms with E-state index >= 15 is 0 Å². The van der Waals surface area contributed by atoms with E-state index < -0.39 is 0 Å². The Morgan fingerprint density at radius 1 is 1.35 bits per heavy atom. The zero-order chi connectivity index (χ0) is 12.8. The van der Waals surface area contributed by atoms with Crippen molar-refractivity contribution < 1.29 is 0 Å². The second kappa shape index (κ2) is 6.28. The van der Waals surface area contributed by atoms with Gasteiger partial charge < -0.3 is 10.6 Å². The molecule has 3 heteroatoms. The summed E-state index contributed by atoms with van der Waals surface area (Å²) in [7, 11) is 2.12. The van der Waals surface area contributed by atoms with Crippen LogP contribution in [0.1, 0.15) is 37.3 Å². The Kier molecular flexibility index (Phi) is 5.01. The van der Waals surface area contributed by atoms with E-state index in [1.807, 2.05) is 12.1 Å². The second-order valence-corrected chi connectivity index (χ2v) is 4.54. The summed E-state index contributed by atoms with van der Waals surface area (Å²) in [6, 6.07) is 5.95. The average molecular weight is 233 g/mol. The topological polar surface area (TPSA) is 53.1 Å². The number of hydrogen-bond donors (Lipinski definition) is 2. The smallest absolute Gasteiger partial charge is 0.122 e. The largest absolute Gasteiger partial charge is 0.384 e. The van der Waals surface area contributed by atoms with Crippen molar-refractivity contribution >= 4 is 11.5 Å². The molecule has 0 radical (unpaired) electrons. The number of rotatable bonds is 6. The first-order valence-corrected chi connectivity index (χ1v) is 6.22. The van der Waals surface area contributed by atoms with Crippen LogP contribution in [0, 0.1) is 12.3 Å². The molecule has 0 aliphatic rings. The fraction of sp³-hybridized carbons (Fsp3) is 0.500. The van der Waals surface area contributed by atoms with Crippen LogP contribution < -0.4 is 10.6 Å². The van der Waals surface area contributed by atoms with E-state index in [1.165, 1.54) is 30.5 Å². The van der Waals surface area contributed by atoms with Crippen LogP contribution in [0.15, 0.2) is 18.2 Å². The molecule has 0 atom stereocenters. The standard InChI is InChI=1S/C14H23N3/c1-4-5-6-9-17(3)13-8-7-12(14(15)16)10-11(13)2/h7-8,10H,4-6,9H2,1-3H3,(H3,15,16). The molecule has 1 rings (SSSR count). The Balaban J connectivity index is 2.74. The van der Waals surface area contributed by atoms with Crippen molar-refractivity contribution in [2.24, 2.45) is 5.73 Å². The molecule has 0 fully saturated rings. The normalized spacial score (nSPS) is 10.3. The summed E-state index contributed by atoms with van der Waals surface area (Å²) >= 11 is 0. The van der Waals surface area contributed by atoms with Gasteiger partial charge in [0.1, 0.15) is 5.84 Å². The summed E-state index contributed by atoms with van der Waals surface area (Å²) < 4.78 is 0. The average Bonchev–Trinajstić information content (AvgIpc) is 2.28. The summed E-state index contributed by atoms with van der Waals surface area (Å²) in [5, 5.41) is 7.41. The number of benzene rings is 1. The lowest BCUT2D eigenvalue weighted by atomic mass is 10.1. The molecular weight excluding hydrogens is 210 g/mol. The van der Waals surface area contributed by atoms with Gasteiger partial charge in [-0.2, -0.15) is 0 Å². The predicted octanol–water partition coefficient (Wildman–Crippen LogP) is 2.91. The third kappa shape index (κ3) is 3.77. The van der Waals surface area contributed by atoms with Gasteiger partial charge in [0.05, 0.1) is 0 Å². The lowest BCUT2D eigenvalue weighted by Crippen LogP contribution is -2.20. The lowest BCUT2D eigenvalue weighted by molar-refractivity contribution is 0.704. The molecule has 0 saturated heterocycles. The first-order valence-electron chi connectivity index (χ1n) is 6.22. The molecule has 0 unspecified atom stereocenters. The van der Waals surface area contributed by atoms with E-state index in [1.54, 1.807) is 0 Å². The van der Waals surface area contributed by atoms with E-state index in [0.29, 0.717) is 0 Å². The first-order chi connectivity index (χ1) is 8.06. The van der Waals surface area contributed by atoms with Gasteiger partial charge in [-0.1, -0.05) is 19.8 Å². The third-order valence-corrected chi connectivity index (χ3v) is 3.02. The van der Waals surface area contributed by atoms with Gasteiger partial charge in [0.25, 0.3) is 0 Å². The molecule has 0 amide bonds. The summed E-state index contributed by atoms with van der Waals surface area (Å²) in [5.41, 5.74) is 8.68. The van der Waals surface area contributed by atoms with Gasteiger partial charge in [0.15, 0.2) is 0 Å². The molecule has 0 heterocycles. The second-order valence-electron chi connectivity index (χ2n) is 4.54. The van der Waals surface area contributed by atoms with Gasteiger partial charge in [0.2, 0.25) is 0 Å². The van der Waals surface area contributed by atoms with Crippen LogP contribution in [0.4, 0.5) is 5.69 Å². The zero-order valence-electron chi connectivity index (χ0n) is 11.1. The quantitative estimate of drug-likeness (QED) is 0.451. The number of amidine groups is 1. The van der Waals surface area contributed by atoms with Gasteiger partial charge in [-0.3, -0.25) is 5.41 Å². The lowest BCUT2D eigenvalue weighted by Gasteiger charge is -2.21. The summed E-state index contributed by atoms with van der Waals surface area (Å²) in [5.74, 6) is 0.133. The predicted molar refractivity (Wildman–Crippen MR) is 75.0 cm³/mol. The highest BCUT2D eigenvalue weighted by atomic mass is 15.1. The minimum atomic E-state index is 0.133. The monoisotopic (exact) mass is 233 g/mol. The molecule has 0 saturated carbocycles. The molecule has 3 N–H and O–H groups in total. The van der Waals surface area contributed by atoms with Crippen molar-refractivity contribution in [1.29, 1.82) is 5.41 Å². The molecule has 1 aromatic carbocycles. The Bertz CT molecular complexity index is 385. The van der Waals surface area contributed by atoms with Crippen molar-refractivity contribution in [3.05, 3.63) is 29.3 Å². The molecule has 0 aliphatic heterocycles.